The first kappa shape index (κ1) is 50.7. The zero-order valence-electron chi connectivity index (χ0n) is 38.2. The number of nitrogens with one attached hydrogen (secondary N) is 4. The van der Waals surface area contributed by atoms with Crippen LogP contribution in [0.15, 0.2) is 113 Å². The summed E-state index contributed by atoms with van der Waals surface area (Å²) in [4.78, 5) is 38.1. The van der Waals surface area contributed by atoms with Crippen molar-refractivity contribution in [2.75, 3.05) is 56.1 Å². The Hall–Kier alpha value is -6.29. The number of anilines is 2. The summed E-state index contributed by atoms with van der Waals surface area (Å²) in [5.74, 6) is 1.37. The van der Waals surface area contributed by atoms with E-state index in [1.807, 2.05) is 60.7 Å². The van der Waals surface area contributed by atoms with Crippen LogP contribution in [0.25, 0.3) is 5.69 Å². The van der Waals surface area contributed by atoms with E-state index in [0.29, 0.717) is 93.4 Å². The molecule has 0 fully saturated rings. The fraction of sp³-hybridized carbons (Fsp3) is 0.400. The number of alkyl halides is 1. The number of amides is 4. The standard InChI is InChI=1S/C50H63ClN8O7/c1-50(2,3)45-35-46(55-49(63)54-39-16-8-6-9-17-39)59(58-45)41-18-14-15-37(33-41)36-53-47(61)19-10-7-13-29-66-42-24-25-43(44(60)34-42)57-56-40-22-20-38(21-23-40)48(62)52-27-30-65-32-31-64-28-12-5-4-11-26-51/h6,8-9,14-18,20-25,33-35,60H,4-5,7,10-13,19,26-32,36H2,1-3H3,(H,52,62)(H,53,61)(H2,54,55,63). The first-order chi connectivity index (χ1) is 32.0. The number of hydrogen-bond donors (Lipinski definition) is 5. The lowest BCUT2D eigenvalue weighted by molar-refractivity contribution is -0.121. The third kappa shape index (κ3) is 17.9. The molecule has 66 heavy (non-hydrogen) atoms. The van der Waals surface area contributed by atoms with E-state index in [2.05, 4.69) is 52.3 Å². The molecule has 0 saturated carbocycles. The molecule has 15 nitrogen and oxygen atoms in total. The van der Waals surface area contributed by atoms with E-state index in [1.165, 1.54) is 6.07 Å². The first-order valence-electron chi connectivity index (χ1n) is 22.6. The van der Waals surface area contributed by atoms with Gasteiger partial charge in [-0.15, -0.1) is 16.7 Å². The third-order valence-corrected chi connectivity index (χ3v) is 10.4. The van der Waals surface area contributed by atoms with Crippen LogP contribution in [-0.4, -0.2) is 78.2 Å². The van der Waals surface area contributed by atoms with Crippen LogP contribution in [0.3, 0.4) is 0 Å². The van der Waals surface area contributed by atoms with Crippen molar-refractivity contribution in [2.24, 2.45) is 10.2 Å². The van der Waals surface area contributed by atoms with Gasteiger partial charge in [-0.2, -0.15) is 10.2 Å². The second kappa shape index (κ2) is 27.2. The fourth-order valence-corrected chi connectivity index (χ4v) is 6.65. The molecule has 16 heteroatoms. The Labute approximate surface area is 392 Å². The Morgan fingerprint density at radius 1 is 0.727 bits per heavy atom. The number of hydrogen-bond acceptors (Lipinski definition) is 10. The quantitative estimate of drug-likeness (QED) is 0.0195. The zero-order valence-corrected chi connectivity index (χ0v) is 38.9. The van der Waals surface area contributed by atoms with Gasteiger partial charge in [0.05, 0.1) is 43.5 Å². The van der Waals surface area contributed by atoms with Gasteiger partial charge in [0.2, 0.25) is 5.91 Å². The van der Waals surface area contributed by atoms with Gasteiger partial charge < -0.3 is 35.3 Å². The summed E-state index contributed by atoms with van der Waals surface area (Å²) in [5.41, 5.74) is 4.16. The molecular weight excluding hydrogens is 860 g/mol. The highest BCUT2D eigenvalue weighted by atomic mass is 35.5. The molecule has 0 radical (unpaired) electrons. The van der Waals surface area contributed by atoms with Crippen molar-refractivity contribution in [1.82, 2.24) is 20.4 Å². The number of halogens is 1. The minimum Gasteiger partial charge on any atom is -0.505 e. The molecule has 5 aromatic rings. The van der Waals surface area contributed by atoms with Gasteiger partial charge in [0, 0.05) is 60.8 Å². The van der Waals surface area contributed by atoms with E-state index in [0.717, 1.165) is 55.5 Å². The summed E-state index contributed by atoms with van der Waals surface area (Å²) in [5, 5.41) is 35.4. The molecule has 4 amide bonds. The van der Waals surface area contributed by atoms with Crippen molar-refractivity contribution in [3.8, 4) is 17.2 Å². The van der Waals surface area contributed by atoms with Crippen LogP contribution in [-0.2, 0) is 26.2 Å². The first-order valence-corrected chi connectivity index (χ1v) is 23.1. The number of carbonyl (C=O) groups is 3. The molecule has 0 atom stereocenters. The molecule has 4 aromatic carbocycles. The summed E-state index contributed by atoms with van der Waals surface area (Å²) in [7, 11) is 0. The molecule has 352 valence electrons. The second-order valence-electron chi connectivity index (χ2n) is 16.6. The summed E-state index contributed by atoms with van der Waals surface area (Å²) in [6, 6.07) is 29.9. The van der Waals surface area contributed by atoms with Gasteiger partial charge in [0.1, 0.15) is 23.0 Å². The van der Waals surface area contributed by atoms with Crippen LogP contribution in [0.4, 0.5) is 27.7 Å². The number of rotatable bonds is 27. The Morgan fingerprint density at radius 3 is 2.23 bits per heavy atom. The van der Waals surface area contributed by atoms with Gasteiger partial charge in [-0.1, -0.05) is 63.9 Å². The molecule has 0 aliphatic heterocycles. The SMILES string of the molecule is CC(C)(C)c1cc(NC(=O)Nc2ccccc2)n(-c2cccc(CNC(=O)CCCCCOc3ccc(N=Nc4ccc(C(=O)NCCOCCOCCCCCCCl)cc4)c(O)c3)c2)n1. The van der Waals surface area contributed by atoms with E-state index in [4.69, 9.17) is 30.9 Å². The largest absolute Gasteiger partial charge is 0.505 e. The number of phenolic OH excluding ortho intramolecular Hbond substituents is 1. The highest BCUT2D eigenvalue weighted by Crippen LogP contribution is 2.32. The average molecular weight is 924 g/mol. The van der Waals surface area contributed by atoms with Crippen molar-refractivity contribution >= 4 is 52.3 Å². The summed E-state index contributed by atoms with van der Waals surface area (Å²) in [6.07, 6.45) is 6.87. The number of carbonyl (C=O) groups excluding carboxylic acids is 3. The summed E-state index contributed by atoms with van der Waals surface area (Å²) in [6.45, 7) is 9.43. The van der Waals surface area contributed by atoms with E-state index in [9.17, 15) is 19.5 Å². The number of azo groups is 1. The van der Waals surface area contributed by atoms with Crippen molar-refractivity contribution in [3.63, 3.8) is 0 Å². The minimum absolute atomic E-state index is 0.0543. The van der Waals surface area contributed by atoms with Gasteiger partial charge in [-0.05, 0) is 98.3 Å². The van der Waals surface area contributed by atoms with Crippen molar-refractivity contribution in [3.05, 3.63) is 120 Å². The number of nitrogens with zero attached hydrogens (tertiary/aromatic N) is 4. The number of para-hydroxylation sites is 1. The normalized spacial score (nSPS) is 11.4. The lowest BCUT2D eigenvalue weighted by Crippen LogP contribution is -2.27. The Bertz CT molecular complexity index is 2300. The molecular formula is C50H63ClN8O7. The minimum atomic E-state index is -0.382. The van der Waals surface area contributed by atoms with E-state index < -0.39 is 0 Å². The smallest absolute Gasteiger partial charge is 0.324 e. The molecule has 1 aromatic heterocycles. The fourth-order valence-electron chi connectivity index (χ4n) is 6.46. The van der Waals surface area contributed by atoms with E-state index >= 15 is 0 Å². The molecule has 5 rings (SSSR count). The van der Waals surface area contributed by atoms with Gasteiger partial charge in [0.15, 0.2) is 0 Å². The van der Waals surface area contributed by atoms with E-state index in [1.54, 1.807) is 41.1 Å². The van der Waals surface area contributed by atoms with Crippen LogP contribution in [0.1, 0.15) is 93.8 Å². The van der Waals surface area contributed by atoms with Crippen LogP contribution in [0.5, 0.6) is 11.5 Å². The predicted molar refractivity (Wildman–Crippen MR) is 259 cm³/mol. The monoisotopic (exact) mass is 922 g/mol. The van der Waals surface area contributed by atoms with Crippen molar-refractivity contribution in [2.45, 2.75) is 84.1 Å². The van der Waals surface area contributed by atoms with Crippen molar-refractivity contribution < 1.29 is 33.7 Å². The Kier molecular flexibility index (Phi) is 20.9. The van der Waals surface area contributed by atoms with Gasteiger partial charge in [-0.3, -0.25) is 14.9 Å². The Balaban J connectivity index is 0.960. The molecule has 0 saturated heterocycles. The third-order valence-electron chi connectivity index (χ3n) is 10.1. The lowest BCUT2D eigenvalue weighted by Gasteiger charge is -2.14. The Morgan fingerprint density at radius 2 is 1.47 bits per heavy atom. The highest BCUT2D eigenvalue weighted by Gasteiger charge is 2.22. The highest BCUT2D eigenvalue weighted by molar-refractivity contribution is 6.17. The predicted octanol–water partition coefficient (Wildman–Crippen LogP) is 10.8. The van der Waals surface area contributed by atoms with Crippen molar-refractivity contribution in [1.29, 1.82) is 0 Å². The lowest BCUT2D eigenvalue weighted by atomic mass is 9.92. The number of phenols is 1. The zero-order chi connectivity index (χ0) is 47.0. The number of benzene rings is 4. The summed E-state index contributed by atoms with van der Waals surface area (Å²) < 4.78 is 18.6. The maximum atomic E-state index is 12.9. The molecule has 0 spiro atoms. The van der Waals surface area contributed by atoms with Gasteiger partial charge in [-0.25, -0.2) is 9.48 Å². The number of urea groups is 1. The number of aromatic hydroxyl groups is 1. The van der Waals surface area contributed by atoms with Crippen LogP contribution in [0, 0.1) is 0 Å². The molecule has 1 heterocycles. The molecule has 0 bridgehead atoms. The molecule has 0 aliphatic carbocycles. The van der Waals surface area contributed by atoms with Crippen LogP contribution < -0.4 is 26.0 Å². The van der Waals surface area contributed by atoms with Gasteiger partial charge >= 0.3 is 6.03 Å². The molecule has 5 N–H and O–H groups in total. The van der Waals surface area contributed by atoms with Gasteiger partial charge in [0.25, 0.3) is 5.91 Å². The summed E-state index contributed by atoms with van der Waals surface area (Å²) >= 11 is 5.68. The maximum absolute atomic E-state index is 12.9. The number of unbranched alkanes of at least 4 members (excludes halogenated alkanes) is 5. The maximum Gasteiger partial charge on any atom is 0.324 e. The number of ether oxygens (including phenoxy) is 3. The number of aromatic nitrogens is 2. The van der Waals surface area contributed by atoms with Crippen LogP contribution >= 0.6 is 11.6 Å². The second-order valence-corrected chi connectivity index (χ2v) is 17.0. The molecule has 0 aliphatic rings. The van der Waals surface area contributed by atoms with Crippen LogP contribution in [0.2, 0.25) is 0 Å². The average Bonchev–Trinajstić information content (AvgIpc) is 3.74. The molecule has 0 unspecified atom stereocenters. The van der Waals surface area contributed by atoms with E-state index in [-0.39, 0.29) is 34.7 Å². The topological polar surface area (TPSA) is 190 Å².